The molecule has 2 N–H and O–H groups in total. The quantitative estimate of drug-likeness (QED) is 0.523. The van der Waals surface area contributed by atoms with Crippen LogP contribution in [0.15, 0.2) is 15.8 Å². The molecule has 0 fully saturated rings. The lowest BCUT2D eigenvalue weighted by molar-refractivity contribution is 0.840. The van der Waals surface area contributed by atoms with Gasteiger partial charge in [-0.05, 0) is 0 Å². The van der Waals surface area contributed by atoms with E-state index in [2.05, 4.69) is 15.0 Å². The average molecular weight is 166 g/mol. The number of imidazole rings is 1. The summed E-state index contributed by atoms with van der Waals surface area (Å²) in [5, 5.41) is 0. The van der Waals surface area contributed by atoms with E-state index in [1.807, 2.05) is 0 Å². The van der Waals surface area contributed by atoms with Gasteiger partial charge >= 0.3 is 11.4 Å². The number of nitrogens with zero attached hydrogens (tertiary/aromatic N) is 2. The summed E-state index contributed by atoms with van der Waals surface area (Å²) in [6, 6.07) is 0. The Kier molecular flexibility index (Phi) is 1.18. The van der Waals surface area contributed by atoms with Crippen molar-refractivity contribution in [2.45, 2.75) is 0 Å². The monoisotopic (exact) mass is 166 g/mol. The van der Waals surface area contributed by atoms with E-state index in [1.54, 1.807) is 7.05 Å². The van der Waals surface area contributed by atoms with E-state index in [-0.39, 0.29) is 5.69 Å². The minimum atomic E-state index is -0.391. The highest BCUT2D eigenvalue weighted by atomic mass is 16.1. The maximum atomic E-state index is 11.0. The summed E-state index contributed by atoms with van der Waals surface area (Å²) < 4.78 is 1.27. The van der Waals surface area contributed by atoms with E-state index in [1.165, 1.54) is 10.8 Å². The molecule has 12 heavy (non-hydrogen) atoms. The molecule has 2 aromatic heterocycles. The van der Waals surface area contributed by atoms with E-state index >= 15 is 0 Å². The van der Waals surface area contributed by atoms with E-state index in [0.717, 1.165) is 0 Å². The first-order valence-corrected chi connectivity index (χ1v) is 3.32. The summed E-state index contributed by atoms with van der Waals surface area (Å²) in [6.45, 7) is 0. The second kappa shape index (κ2) is 2.07. The number of aryl methyl sites for hydroxylation is 1. The molecule has 0 aliphatic carbocycles. The number of hydrogen-bond acceptors (Lipinski definition) is 3. The van der Waals surface area contributed by atoms with Gasteiger partial charge in [0.1, 0.15) is 11.2 Å². The molecule has 0 amide bonds. The number of fused-ring (bicyclic) bond motifs is 1. The van der Waals surface area contributed by atoms with Crippen LogP contribution in [-0.2, 0) is 7.05 Å². The van der Waals surface area contributed by atoms with Crippen molar-refractivity contribution in [3.8, 4) is 0 Å². The molecule has 2 heterocycles. The molecule has 2 rings (SSSR count). The standard InChI is InChI=1S/C6H6N4O2/c1-10-4-3(2-7-6(10)12)8-5(11)9-4/h2H,1H3,(H2,8,9,11). The fourth-order valence-electron chi connectivity index (χ4n) is 1.05. The Balaban J connectivity index is 3.09. The van der Waals surface area contributed by atoms with Crippen molar-refractivity contribution in [3.63, 3.8) is 0 Å². The van der Waals surface area contributed by atoms with Crippen molar-refractivity contribution >= 4 is 11.2 Å². The first-order chi connectivity index (χ1) is 5.68. The van der Waals surface area contributed by atoms with Crippen LogP contribution in [0.3, 0.4) is 0 Å². The summed E-state index contributed by atoms with van der Waals surface area (Å²) >= 11 is 0. The van der Waals surface area contributed by atoms with Crippen molar-refractivity contribution in [1.29, 1.82) is 0 Å². The van der Waals surface area contributed by atoms with Crippen LogP contribution in [0.25, 0.3) is 11.2 Å². The fourth-order valence-corrected chi connectivity index (χ4v) is 1.05. The van der Waals surface area contributed by atoms with Gasteiger partial charge in [-0.2, -0.15) is 4.98 Å². The molecule has 0 aromatic carbocycles. The normalized spacial score (nSPS) is 10.8. The lowest BCUT2D eigenvalue weighted by atomic mass is 10.5. The Morgan fingerprint density at radius 3 is 2.92 bits per heavy atom. The summed E-state index contributed by atoms with van der Waals surface area (Å²) in [5.74, 6) is 0. The van der Waals surface area contributed by atoms with Crippen molar-refractivity contribution < 1.29 is 0 Å². The summed E-state index contributed by atoms with van der Waals surface area (Å²) in [4.78, 5) is 30.3. The molecule has 2 aromatic rings. The van der Waals surface area contributed by atoms with Gasteiger partial charge in [0.05, 0.1) is 6.20 Å². The second-order valence-corrected chi connectivity index (χ2v) is 2.44. The molecule has 0 aliphatic rings. The molecule has 0 saturated heterocycles. The van der Waals surface area contributed by atoms with Crippen LogP contribution in [-0.4, -0.2) is 19.5 Å². The predicted molar refractivity (Wildman–Crippen MR) is 42.0 cm³/mol. The van der Waals surface area contributed by atoms with Crippen molar-refractivity contribution in [1.82, 2.24) is 19.5 Å². The third-order valence-electron chi connectivity index (χ3n) is 1.66. The van der Waals surface area contributed by atoms with Gasteiger partial charge in [0, 0.05) is 7.05 Å². The maximum absolute atomic E-state index is 11.0. The van der Waals surface area contributed by atoms with Crippen molar-refractivity contribution in [2.24, 2.45) is 7.05 Å². The summed E-state index contributed by atoms with van der Waals surface area (Å²) in [6.07, 6.45) is 1.33. The highest BCUT2D eigenvalue weighted by molar-refractivity contribution is 5.68. The fraction of sp³-hybridized carbons (Fsp3) is 0.167. The summed E-state index contributed by atoms with van der Waals surface area (Å²) in [5.41, 5.74) is 0.257. The number of aromatic amines is 2. The Hall–Kier alpha value is -1.85. The smallest absolute Gasteiger partial charge is 0.303 e. The van der Waals surface area contributed by atoms with Crippen molar-refractivity contribution in [3.05, 3.63) is 27.2 Å². The first kappa shape index (κ1) is 6.84. The van der Waals surface area contributed by atoms with Gasteiger partial charge in [-0.1, -0.05) is 0 Å². The van der Waals surface area contributed by atoms with E-state index in [4.69, 9.17) is 0 Å². The second-order valence-electron chi connectivity index (χ2n) is 2.44. The zero-order valence-corrected chi connectivity index (χ0v) is 6.29. The Morgan fingerprint density at radius 1 is 1.42 bits per heavy atom. The lowest BCUT2D eigenvalue weighted by Gasteiger charge is -1.94. The molecule has 6 nitrogen and oxygen atoms in total. The average Bonchev–Trinajstić information content (AvgIpc) is 2.39. The number of hydrogen-bond donors (Lipinski definition) is 2. The van der Waals surface area contributed by atoms with Crippen LogP contribution in [0, 0.1) is 0 Å². The zero-order valence-electron chi connectivity index (χ0n) is 6.29. The van der Waals surface area contributed by atoms with Crippen LogP contribution in [0.5, 0.6) is 0 Å². The topological polar surface area (TPSA) is 83.5 Å². The summed E-state index contributed by atoms with van der Waals surface area (Å²) in [7, 11) is 1.54. The molecule has 0 bridgehead atoms. The van der Waals surface area contributed by atoms with Gasteiger partial charge in [-0.25, -0.2) is 9.59 Å². The molecule has 6 heteroatoms. The number of rotatable bonds is 0. The molecular formula is C6H6N4O2. The number of nitrogens with one attached hydrogen (secondary N) is 2. The SMILES string of the molecule is Cn1c(=O)ncc2[nH]c(=O)[nH]c21. The maximum Gasteiger partial charge on any atom is 0.348 e. The zero-order chi connectivity index (χ0) is 8.72. The molecule has 0 spiro atoms. The molecule has 0 unspecified atom stereocenters. The van der Waals surface area contributed by atoms with Gasteiger partial charge in [0.25, 0.3) is 0 Å². The Morgan fingerprint density at radius 2 is 2.17 bits per heavy atom. The first-order valence-electron chi connectivity index (χ1n) is 3.32. The molecule has 0 radical (unpaired) electrons. The number of H-pyrrole nitrogens is 2. The molecule has 62 valence electrons. The number of aromatic nitrogens is 4. The molecule has 0 saturated carbocycles. The van der Waals surface area contributed by atoms with Crippen molar-refractivity contribution in [2.75, 3.05) is 0 Å². The van der Waals surface area contributed by atoms with Crippen LogP contribution in [0.1, 0.15) is 0 Å². The van der Waals surface area contributed by atoms with E-state index in [0.29, 0.717) is 11.2 Å². The third kappa shape index (κ3) is 0.777. The van der Waals surface area contributed by atoms with Crippen LogP contribution in [0.2, 0.25) is 0 Å². The van der Waals surface area contributed by atoms with Crippen LogP contribution < -0.4 is 11.4 Å². The van der Waals surface area contributed by atoms with Crippen LogP contribution >= 0.6 is 0 Å². The lowest BCUT2D eigenvalue weighted by Crippen LogP contribution is -2.19. The van der Waals surface area contributed by atoms with Gasteiger partial charge < -0.3 is 4.98 Å². The van der Waals surface area contributed by atoms with Crippen LogP contribution in [0.4, 0.5) is 0 Å². The Bertz CT molecular complexity index is 532. The highest BCUT2D eigenvalue weighted by Crippen LogP contribution is 1.97. The van der Waals surface area contributed by atoms with Gasteiger partial charge in [-0.3, -0.25) is 9.55 Å². The molecule has 0 aliphatic heterocycles. The largest absolute Gasteiger partial charge is 0.348 e. The Labute approximate surface area is 65.9 Å². The predicted octanol–water partition coefficient (Wildman–Crippen LogP) is -1.05. The van der Waals surface area contributed by atoms with E-state index in [9.17, 15) is 9.59 Å². The van der Waals surface area contributed by atoms with Gasteiger partial charge in [-0.15, -0.1) is 0 Å². The third-order valence-corrected chi connectivity index (χ3v) is 1.66. The van der Waals surface area contributed by atoms with E-state index < -0.39 is 5.69 Å². The van der Waals surface area contributed by atoms with Gasteiger partial charge in [0.2, 0.25) is 0 Å². The molecule has 0 atom stereocenters. The highest BCUT2D eigenvalue weighted by Gasteiger charge is 2.01. The van der Waals surface area contributed by atoms with Gasteiger partial charge in [0.15, 0.2) is 0 Å². The molecular weight excluding hydrogens is 160 g/mol. The minimum Gasteiger partial charge on any atom is -0.303 e. The minimum absolute atomic E-state index is 0.340.